The van der Waals surface area contributed by atoms with Gasteiger partial charge in [-0.15, -0.1) is 29.8 Å². The summed E-state index contributed by atoms with van der Waals surface area (Å²) in [5, 5.41) is 15.1. The van der Waals surface area contributed by atoms with Crippen LogP contribution in [0.25, 0.3) is 43.6 Å². The van der Waals surface area contributed by atoms with Gasteiger partial charge in [0.25, 0.3) is 0 Å². The van der Waals surface area contributed by atoms with E-state index in [0.29, 0.717) is 0 Å². The van der Waals surface area contributed by atoms with Crippen LogP contribution in [0.15, 0.2) is 94.6 Å². The van der Waals surface area contributed by atoms with Crippen LogP contribution < -0.4 is 0 Å². The zero-order valence-corrected chi connectivity index (χ0v) is 21.7. The van der Waals surface area contributed by atoms with E-state index in [9.17, 15) is 9.00 Å². The number of pyridine rings is 1. The molecular formula is C28H20IrNO3S-. The summed E-state index contributed by atoms with van der Waals surface area (Å²) in [6.07, 6.45) is 3.01. The minimum atomic E-state index is -1.23. The fraction of sp³-hybridized carbons (Fsp3) is 0.0714. The van der Waals surface area contributed by atoms with E-state index in [1.54, 1.807) is 0 Å². The average molecular weight is 643 g/mol. The quantitative estimate of drug-likeness (QED) is 0.0960. The molecule has 0 aliphatic carbocycles. The second-order valence-electron chi connectivity index (χ2n) is 7.91. The molecule has 171 valence electrons. The SMILES string of the molecule is CC(=O)/C=C(/C)O.O=S1c2ccc[c-]c2-c2nccc3c2c1cc1c2ccccc2ccc31.[Ir]. The molecule has 1 N–H and O–H groups in total. The summed E-state index contributed by atoms with van der Waals surface area (Å²) in [4.78, 5) is 16.3. The third-order valence-corrected chi connectivity index (χ3v) is 7.06. The van der Waals surface area contributed by atoms with Gasteiger partial charge in [-0.2, -0.15) is 0 Å². The van der Waals surface area contributed by atoms with Gasteiger partial charge in [0.1, 0.15) is 0 Å². The van der Waals surface area contributed by atoms with E-state index in [1.165, 1.54) is 36.1 Å². The van der Waals surface area contributed by atoms with Gasteiger partial charge in [0.05, 0.1) is 5.76 Å². The Morgan fingerprint density at radius 3 is 2.47 bits per heavy atom. The molecule has 5 aromatic rings. The van der Waals surface area contributed by atoms with Crippen LogP contribution in [-0.2, 0) is 35.7 Å². The fourth-order valence-corrected chi connectivity index (χ4v) is 5.73. The molecule has 1 unspecified atom stereocenters. The maximum Gasteiger partial charge on any atom is 0.155 e. The normalized spacial score (nSPS) is 14.2. The van der Waals surface area contributed by atoms with Gasteiger partial charge < -0.3 is 10.1 Å². The van der Waals surface area contributed by atoms with Crippen LogP contribution in [0, 0.1) is 6.07 Å². The Kier molecular flexibility index (Phi) is 6.76. The van der Waals surface area contributed by atoms with Crippen molar-refractivity contribution in [1.82, 2.24) is 4.98 Å². The van der Waals surface area contributed by atoms with E-state index in [4.69, 9.17) is 5.11 Å². The van der Waals surface area contributed by atoms with E-state index in [1.807, 2.05) is 36.5 Å². The van der Waals surface area contributed by atoms with Crippen LogP contribution in [0.4, 0.5) is 0 Å². The molecule has 0 fully saturated rings. The fourth-order valence-electron chi connectivity index (χ4n) is 4.33. The molecule has 4 nitrogen and oxygen atoms in total. The molecule has 0 amide bonds. The van der Waals surface area contributed by atoms with Gasteiger partial charge >= 0.3 is 0 Å². The van der Waals surface area contributed by atoms with E-state index in [2.05, 4.69) is 47.4 Å². The topological polar surface area (TPSA) is 67.3 Å². The summed E-state index contributed by atoms with van der Waals surface area (Å²) < 4.78 is 13.3. The molecule has 1 radical (unpaired) electrons. The van der Waals surface area contributed by atoms with Crippen LogP contribution >= 0.6 is 0 Å². The molecule has 6 heteroatoms. The number of carbonyl (C=O) groups excluding carboxylic acids is 1. The number of rotatable bonds is 1. The van der Waals surface area contributed by atoms with Gasteiger partial charge in [-0.3, -0.25) is 9.00 Å². The Balaban J connectivity index is 0.000000303. The molecule has 1 aliphatic heterocycles. The third-order valence-electron chi connectivity index (χ3n) is 5.60. The molecule has 4 aromatic carbocycles. The summed E-state index contributed by atoms with van der Waals surface area (Å²) in [7, 11) is -1.23. The smallest absolute Gasteiger partial charge is 0.155 e. The molecule has 1 aliphatic rings. The van der Waals surface area contributed by atoms with Crippen molar-refractivity contribution in [2.75, 3.05) is 0 Å². The van der Waals surface area contributed by atoms with Crippen LogP contribution in [0.3, 0.4) is 0 Å². The van der Waals surface area contributed by atoms with Crippen LogP contribution in [0.5, 0.6) is 0 Å². The van der Waals surface area contributed by atoms with Crippen molar-refractivity contribution < 1.29 is 34.2 Å². The van der Waals surface area contributed by atoms with Gasteiger partial charge in [0.15, 0.2) is 5.78 Å². The summed E-state index contributed by atoms with van der Waals surface area (Å²) in [5.74, 6) is -0.0625. The number of carbonyl (C=O) groups is 1. The summed E-state index contributed by atoms with van der Waals surface area (Å²) in [6.45, 7) is 2.85. The molecule has 0 saturated carbocycles. The van der Waals surface area contributed by atoms with Crippen molar-refractivity contribution in [3.05, 3.63) is 90.8 Å². The van der Waals surface area contributed by atoms with Gasteiger partial charge in [-0.25, -0.2) is 0 Å². The molecule has 6 rings (SSSR count). The molecule has 1 aromatic heterocycles. The number of nitrogens with zero attached hydrogens (tertiary/aromatic N) is 1. The zero-order valence-electron chi connectivity index (χ0n) is 18.5. The van der Waals surface area contributed by atoms with Crippen molar-refractivity contribution in [2.24, 2.45) is 0 Å². The second kappa shape index (κ2) is 9.59. The number of aliphatic hydroxyl groups is 1. The van der Waals surface area contributed by atoms with Crippen LogP contribution in [-0.4, -0.2) is 20.1 Å². The third kappa shape index (κ3) is 4.09. The molecule has 0 saturated heterocycles. The predicted octanol–water partition coefficient (Wildman–Crippen LogP) is 6.52. The number of hydrogen-bond donors (Lipinski definition) is 1. The number of hydrogen-bond acceptors (Lipinski definition) is 4. The molecule has 1 atom stereocenters. The number of fused-ring (bicyclic) bond motifs is 6. The first-order valence-corrected chi connectivity index (χ1v) is 11.6. The largest absolute Gasteiger partial charge is 0.512 e. The monoisotopic (exact) mass is 643 g/mol. The van der Waals surface area contributed by atoms with Gasteiger partial charge in [-0.05, 0) is 68.9 Å². The van der Waals surface area contributed by atoms with E-state index >= 15 is 0 Å². The summed E-state index contributed by atoms with van der Waals surface area (Å²) in [5.41, 5.74) is 1.73. The number of aromatic nitrogens is 1. The molecule has 34 heavy (non-hydrogen) atoms. The first-order chi connectivity index (χ1) is 16.0. The van der Waals surface area contributed by atoms with E-state index < -0.39 is 10.8 Å². The first kappa shape index (κ1) is 24.0. The molecule has 0 spiro atoms. The summed E-state index contributed by atoms with van der Waals surface area (Å²) >= 11 is 0. The van der Waals surface area contributed by atoms with E-state index in [0.717, 1.165) is 37.2 Å². The number of benzene rings is 4. The first-order valence-electron chi connectivity index (χ1n) is 10.5. The Labute approximate surface area is 213 Å². The van der Waals surface area contributed by atoms with Crippen LogP contribution in [0.1, 0.15) is 13.8 Å². The molecule has 2 heterocycles. The minimum Gasteiger partial charge on any atom is -0.512 e. The van der Waals surface area contributed by atoms with Crippen molar-refractivity contribution in [1.29, 1.82) is 0 Å². The average Bonchev–Trinajstić information content (AvgIpc) is 2.81. The Bertz CT molecular complexity index is 1640. The standard InChI is InChI=1S/C23H12NOS.C5H8O2.Ir/c25-26-20-8-4-3-7-18(20)23-22-17(11-12-24-23)16-10-9-14-5-1-2-6-15(14)19(16)13-21(22)26;1-4(6)3-5(2)7;/h1-6,8-13H;3,6H,1-2H3;/q-1;;/b;4-3-;. The van der Waals surface area contributed by atoms with Gasteiger partial charge in [0, 0.05) is 48.1 Å². The van der Waals surface area contributed by atoms with Crippen LogP contribution in [0.2, 0.25) is 0 Å². The zero-order chi connectivity index (χ0) is 23.1. The number of ketones is 1. The number of allylic oxidation sites excluding steroid dienone is 2. The van der Waals surface area contributed by atoms with Crippen molar-refractivity contribution in [3.63, 3.8) is 0 Å². The van der Waals surface area contributed by atoms with Gasteiger partial charge in [-0.1, -0.05) is 36.4 Å². The number of aliphatic hydroxyl groups excluding tert-OH is 1. The predicted molar refractivity (Wildman–Crippen MR) is 133 cm³/mol. The second-order valence-corrected chi connectivity index (χ2v) is 9.33. The molecule has 0 bridgehead atoms. The maximum absolute atomic E-state index is 13.3. The van der Waals surface area contributed by atoms with Gasteiger partial charge in [0.2, 0.25) is 0 Å². The van der Waals surface area contributed by atoms with Crippen molar-refractivity contribution >= 4 is 48.9 Å². The Hall–Kier alpha value is -3.18. The molecular weight excluding hydrogens is 623 g/mol. The summed E-state index contributed by atoms with van der Waals surface area (Å²) in [6, 6.07) is 25.7. The van der Waals surface area contributed by atoms with Crippen molar-refractivity contribution in [2.45, 2.75) is 23.6 Å². The van der Waals surface area contributed by atoms with E-state index in [-0.39, 0.29) is 31.6 Å². The maximum atomic E-state index is 13.3. The Morgan fingerprint density at radius 1 is 0.941 bits per heavy atom. The Morgan fingerprint density at radius 2 is 1.74 bits per heavy atom. The van der Waals surface area contributed by atoms with Crippen molar-refractivity contribution in [3.8, 4) is 11.3 Å². The minimum absolute atomic E-state index is 0.